The van der Waals surface area contributed by atoms with Crippen molar-refractivity contribution in [2.45, 2.75) is 44.3 Å². The van der Waals surface area contributed by atoms with Crippen LogP contribution in [0.3, 0.4) is 0 Å². The Kier molecular flexibility index (Phi) is 6.61. The summed E-state index contributed by atoms with van der Waals surface area (Å²) in [6, 6.07) is 5.53. The molecule has 0 radical (unpaired) electrons. The SMILES string of the molecule is [2H]C([2H])([2H])Oc1cc(C)c2oc(COC(=O)Cc3ccn([C@@H]4O[C@H](COP(=O)(O)O)[C@@H](O)C4(F)F)c(=O)n3)cc2c1. The van der Waals surface area contributed by atoms with Crippen LogP contribution in [0.15, 0.2) is 39.7 Å². The molecule has 206 valence electrons. The average Bonchev–Trinajstić information content (AvgIpc) is 3.34. The Bertz CT molecular complexity index is 1560. The molecule has 0 aliphatic carbocycles. The van der Waals surface area contributed by atoms with Crippen molar-refractivity contribution >= 4 is 24.8 Å². The van der Waals surface area contributed by atoms with Crippen molar-refractivity contribution in [2.24, 2.45) is 0 Å². The second kappa shape index (κ2) is 10.5. The number of esters is 1. The van der Waals surface area contributed by atoms with Crippen molar-refractivity contribution < 1.29 is 60.3 Å². The molecule has 1 aromatic carbocycles. The van der Waals surface area contributed by atoms with E-state index in [0.717, 1.165) is 12.3 Å². The van der Waals surface area contributed by atoms with Crippen LogP contribution in [0.1, 0.15) is 27.4 Å². The number of nitrogens with zero attached hydrogens (tertiary/aromatic N) is 2. The van der Waals surface area contributed by atoms with Crippen molar-refractivity contribution in [2.75, 3.05) is 13.6 Å². The minimum atomic E-state index is -5.04. The number of phosphoric ester groups is 1. The molecule has 2 aromatic heterocycles. The van der Waals surface area contributed by atoms with Gasteiger partial charge in [-0.1, -0.05) is 0 Å². The van der Waals surface area contributed by atoms with Crippen LogP contribution in [0.25, 0.3) is 11.0 Å². The summed E-state index contributed by atoms with van der Waals surface area (Å²) in [5.74, 6) is -4.58. The maximum absolute atomic E-state index is 14.6. The zero-order chi connectivity index (χ0) is 30.3. The van der Waals surface area contributed by atoms with E-state index >= 15 is 0 Å². The van der Waals surface area contributed by atoms with Gasteiger partial charge in [0.25, 0.3) is 0 Å². The Balaban J connectivity index is 1.39. The van der Waals surface area contributed by atoms with Gasteiger partial charge in [-0.25, -0.2) is 9.36 Å². The van der Waals surface area contributed by atoms with Gasteiger partial charge in [0.1, 0.15) is 29.8 Å². The first-order valence-electron chi connectivity index (χ1n) is 12.3. The molecule has 0 saturated carbocycles. The summed E-state index contributed by atoms with van der Waals surface area (Å²) in [7, 11) is -7.69. The number of phosphoric acid groups is 1. The van der Waals surface area contributed by atoms with Gasteiger partial charge in [-0.3, -0.25) is 13.9 Å². The lowest BCUT2D eigenvalue weighted by Crippen LogP contribution is -2.42. The summed E-state index contributed by atoms with van der Waals surface area (Å²) in [5.41, 5.74) is -0.391. The van der Waals surface area contributed by atoms with E-state index in [1.807, 2.05) is 0 Å². The summed E-state index contributed by atoms with van der Waals surface area (Å²) in [6.45, 7) is 0.272. The predicted molar refractivity (Wildman–Crippen MR) is 122 cm³/mol. The number of carbonyl (C=O) groups is 1. The van der Waals surface area contributed by atoms with E-state index in [4.69, 9.17) is 32.5 Å². The highest BCUT2D eigenvalue weighted by Crippen LogP contribution is 2.44. The van der Waals surface area contributed by atoms with Gasteiger partial charge in [-0.2, -0.15) is 13.8 Å². The molecular formula is C22H23F2N2O11P. The molecule has 3 N–H and O–H groups in total. The summed E-state index contributed by atoms with van der Waals surface area (Å²) in [5, 5.41) is 10.3. The highest BCUT2D eigenvalue weighted by molar-refractivity contribution is 7.46. The molecule has 1 aliphatic heterocycles. The molecule has 4 rings (SSSR count). The number of ether oxygens (including phenoxy) is 3. The number of halogens is 2. The summed E-state index contributed by atoms with van der Waals surface area (Å²) in [4.78, 5) is 45.8. The molecule has 16 heteroatoms. The third-order valence-electron chi connectivity index (χ3n) is 5.57. The van der Waals surface area contributed by atoms with Crippen molar-refractivity contribution in [1.29, 1.82) is 0 Å². The standard InChI is InChI=1S/C22H23F2N2O11P/c1-11-5-14(33-2)6-12-7-15(36-18(11)12)9-34-17(27)8-13-3-4-26(21(29)25-13)20-22(23,24)19(28)16(37-20)10-35-38(30,31)32/h3-7,16,19-20,28H,8-10H2,1-2H3,(H2,30,31,32)/t16-,19-,20-/m1/s1/i2D3. The van der Waals surface area contributed by atoms with Gasteiger partial charge in [0.2, 0.25) is 6.23 Å². The second-order valence-electron chi connectivity index (χ2n) is 8.35. The van der Waals surface area contributed by atoms with Crippen LogP contribution >= 0.6 is 7.82 Å². The van der Waals surface area contributed by atoms with Crippen LogP contribution in [0.5, 0.6) is 5.75 Å². The number of aryl methyl sites for hydroxylation is 1. The minimum absolute atomic E-state index is 0.0976. The molecule has 13 nitrogen and oxygen atoms in total. The van der Waals surface area contributed by atoms with Crippen LogP contribution < -0.4 is 10.4 Å². The third kappa shape index (κ3) is 5.93. The van der Waals surface area contributed by atoms with E-state index in [-0.39, 0.29) is 23.8 Å². The number of hydrogen-bond acceptors (Lipinski definition) is 10. The number of hydrogen-bond donors (Lipinski definition) is 3. The van der Waals surface area contributed by atoms with Crippen molar-refractivity contribution in [3.63, 3.8) is 0 Å². The van der Waals surface area contributed by atoms with Crippen LogP contribution in [0.2, 0.25) is 0 Å². The molecule has 0 amide bonds. The highest BCUT2D eigenvalue weighted by Gasteiger charge is 2.60. The number of aromatic nitrogens is 2. The van der Waals surface area contributed by atoms with Gasteiger partial charge in [-0.05, 0) is 36.8 Å². The summed E-state index contributed by atoms with van der Waals surface area (Å²) < 4.78 is 86.8. The number of methoxy groups -OCH3 is 1. The molecule has 1 aliphatic rings. The second-order valence-corrected chi connectivity index (χ2v) is 9.59. The van der Waals surface area contributed by atoms with Gasteiger partial charge in [-0.15, -0.1) is 0 Å². The topological polar surface area (TPSA) is 180 Å². The molecule has 38 heavy (non-hydrogen) atoms. The van der Waals surface area contributed by atoms with Crippen LogP contribution in [0.4, 0.5) is 8.78 Å². The zero-order valence-electron chi connectivity index (χ0n) is 22.4. The molecule has 0 unspecified atom stereocenters. The molecule has 3 heterocycles. The fraction of sp³-hybridized carbons (Fsp3) is 0.409. The molecule has 1 saturated heterocycles. The maximum atomic E-state index is 14.6. The van der Waals surface area contributed by atoms with Crippen LogP contribution in [0, 0.1) is 6.92 Å². The molecule has 3 atom stereocenters. The van der Waals surface area contributed by atoms with Gasteiger partial charge < -0.3 is 33.5 Å². The number of alkyl halides is 2. The van der Waals surface area contributed by atoms with Crippen molar-refractivity contribution in [1.82, 2.24) is 9.55 Å². The number of benzene rings is 1. The Labute approximate surface area is 217 Å². The fourth-order valence-corrected chi connectivity index (χ4v) is 4.17. The van der Waals surface area contributed by atoms with Crippen LogP contribution in [-0.4, -0.2) is 62.2 Å². The lowest BCUT2D eigenvalue weighted by molar-refractivity contribution is -0.144. The number of aliphatic hydroxyl groups is 1. The number of carbonyl (C=O) groups excluding carboxylic acids is 1. The lowest BCUT2D eigenvalue weighted by atomic mass is 10.1. The van der Waals surface area contributed by atoms with E-state index in [0.29, 0.717) is 21.1 Å². The van der Waals surface area contributed by atoms with E-state index < -0.39 is 63.9 Å². The van der Waals surface area contributed by atoms with Crippen LogP contribution in [-0.2, 0) is 36.4 Å². The zero-order valence-corrected chi connectivity index (χ0v) is 20.3. The quantitative estimate of drug-likeness (QED) is 0.253. The lowest BCUT2D eigenvalue weighted by Gasteiger charge is -2.21. The summed E-state index contributed by atoms with van der Waals surface area (Å²) >= 11 is 0. The van der Waals surface area contributed by atoms with E-state index in [1.165, 1.54) is 18.2 Å². The van der Waals surface area contributed by atoms with E-state index in [9.17, 15) is 28.0 Å². The van der Waals surface area contributed by atoms with Crippen molar-refractivity contribution in [3.05, 3.63) is 58.0 Å². The first-order valence-corrected chi connectivity index (χ1v) is 12.3. The fourth-order valence-electron chi connectivity index (χ4n) is 3.83. The number of rotatable bonds is 9. The molecule has 3 aromatic rings. The molecule has 0 bridgehead atoms. The molecule has 0 spiro atoms. The number of aliphatic hydroxyl groups excluding tert-OH is 1. The van der Waals surface area contributed by atoms with Crippen molar-refractivity contribution in [3.8, 4) is 5.75 Å². The average molecular weight is 563 g/mol. The van der Waals surface area contributed by atoms with E-state index in [1.54, 1.807) is 6.92 Å². The minimum Gasteiger partial charge on any atom is -0.497 e. The first kappa shape index (κ1) is 23.9. The Hall–Kier alpha value is -3.20. The number of fused-ring (bicyclic) bond motifs is 1. The Morgan fingerprint density at radius 1 is 1.34 bits per heavy atom. The smallest absolute Gasteiger partial charge is 0.469 e. The molecular weight excluding hydrogens is 537 g/mol. The maximum Gasteiger partial charge on any atom is 0.469 e. The van der Waals surface area contributed by atoms with Gasteiger partial charge in [0.15, 0.2) is 6.10 Å². The Morgan fingerprint density at radius 2 is 2.11 bits per heavy atom. The highest BCUT2D eigenvalue weighted by atomic mass is 31.2. The summed E-state index contributed by atoms with van der Waals surface area (Å²) in [6.07, 6.45) is -6.45. The van der Waals surface area contributed by atoms with E-state index in [2.05, 4.69) is 9.51 Å². The van der Waals surface area contributed by atoms with Gasteiger partial charge in [0.05, 0.1) is 29.9 Å². The monoisotopic (exact) mass is 563 g/mol. The normalized spacial score (nSPS) is 22.6. The molecule has 1 fully saturated rings. The van der Waals surface area contributed by atoms with Gasteiger partial charge >= 0.3 is 25.4 Å². The predicted octanol–water partition coefficient (Wildman–Crippen LogP) is 1.60. The third-order valence-corrected chi connectivity index (χ3v) is 6.06. The Morgan fingerprint density at radius 3 is 2.79 bits per heavy atom. The van der Waals surface area contributed by atoms with Gasteiger partial charge in [0, 0.05) is 11.6 Å². The first-order chi connectivity index (χ1) is 18.9. The number of furan rings is 1. The largest absolute Gasteiger partial charge is 0.497 e.